The average Bonchev–Trinajstić information content (AvgIpc) is 2.18. The lowest BCUT2D eigenvalue weighted by Crippen LogP contribution is -2.43. The van der Waals surface area contributed by atoms with Crippen molar-refractivity contribution in [1.82, 2.24) is 5.32 Å². The van der Waals surface area contributed by atoms with Gasteiger partial charge in [-0.05, 0) is 31.1 Å². The predicted octanol–water partition coefficient (Wildman–Crippen LogP) is 1.51. The average molecular weight is 227 g/mol. The van der Waals surface area contributed by atoms with Crippen molar-refractivity contribution in [2.45, 2.75) is 45.1 Å². The summed E-state index contributed by atoms with van der Waals surface area (Å²) in [6, 6.07) is 0. The molecule has 92 valence electrons. The van der Waals surface area contributed by atoms with Crippen molar-refractivity contribution in [2.75, 3.05) is 6.54 Å². The lowest BCUT2D eigenvalue weighted by atomic mass is 9.71. The molecule has 0 spiro atoms. The summed E-state index contributed by atoms with van der Waals surface area (Å²) >= 11 is 0. The number of nitrogens with one attached hydrogen (secondary N) is 1. The molecular weight excluding hydrogens is 206 g/mol. The van der Waals surface area contributed by atoms with E-state index in [2.05, 4.69) is 19.2 Å². The van der Waals surface area contributed by atoms with E-state index in [1.165, 1.54) is 6.20 Å². The molecule has 0 heterocycles. The number of aliphatic hydroxyl groups is 1. The third kappa shape index (κ3) is 4.23. The Labute approximate surface area is 96.4 Å². The molecule has 0 atom stereocenters. The summed E-state index contributed by atoms with van der Waals surface area (Å²) in [7, 11) is 0. The monoisotopic (exact) mass is 227 g/mol. The molecule has 1 saturated carbocycles. The molecule has 0 unspecified atom stereocenters. The normalized spacial score (nSPS) is 23.2. The molecule has 4 nitrogen and oxygen atoms in total. The summed E-state index contributed by atoms with van der Waals surface area (Å²) in [4.78, 5) is 10.2. The van der Waals surface area contributed by atoms with Crippen LogP contribution in [0.1, 0.15) is 39.5 Å². The Morgan fingerprint density at radius 2 is 1.88 bits per heavy atom. The number of hydrogen-bond donors (Lipinski definition) is 3. The fourth-order valence-electron chi connectivity index (χ4n) is 1.95. The summed E-state index contributed by atoms with van der Waals surface area (Å²) in [5.74, 6) is -0.982. The zero-order valence-electron chi connectivity index (χ0n) is 9.99. The number of carbonyl (C=O) groups is 1. The molecule has 4 heteroatoms. The lowest BCUT2D eigenvalue weighted by Gasteiger charge is -2.40. The van der Waals surface area contributed by atoms with Crippen molar-refractivity contribution < 1.29 is 15.0 Å². The van der Waals surface area contributed by atoms with Crippen molar-refractivity contribution in [2.24, 2.45) is 5.41 Å². The maximum absolute atomic E-state index is 10.2. The van der Waals surface area contributed by atoms with Gasteiger partial charge in [0.1, 0.15) is 0 Å². The molecule has 0 bridgehead atoms. The molecule has 16 heavy (non-hydrogen) atoms. The van der Waals surface area contributed by atoms with Crippen LogP contribution in [-0.4, -0.2) is 28.3 Å². The van der Waals surface area contributed by atoms with E-state index in [1.54, 1.807) is 0 Å². The summed E-state index contributed by atoms with van der Waals surface area (Å²) in [6.07, 6.45) is 5.97. The summed E-state index contributed by atoms with van der Waals surface area (Å²) in [5, 5.41) is 21.5. The minimum Gasteiger partial charge on any atom is -0.478 e. The van der Waals surface area contributed by atoms with Crippen LogP contribution < -0.4 is 5.32 Å². The number of carboxylic acid groups (broad SMARTS) is 1. The maximum atomic E-state index is 10.2. The molecule has 1 aliphatic rings. The van der Waals surface area contributed by atoms with Gasteiger partial charge in [-0.25, -0.2) is 4.79 Å². The van der Waals surface area contributed by atoms with E-state index >= 15 is 0 Å². The molecule has 1 rings (SSSR count). The van der Waals surface area contributed by atoms with Crippen molar-refractivity contribution >= 4 is 5.97 Å². The van der Waals surface area contributed by atoms with Gasteiger partial charge in [0.05, 0.1) is 5.60 Å². The van der Waals surface area contributed by atoms with Crippen molar-refractivity contribution in [3.8, 4) is 0 Å². The Hall–Kier alpha value is -1.03. The van der Waals surface area contributed by atoms with Crippen LogP contribution >= 0.6 is 0 Å². The number of aliphatic carboxylic acids is 1. The molecule has 0 aromatic rings. The summed E-state index contributed by atoms with van der Waals surface area (Å²) in [6.45, 7) is 4.85. The summed E-state index contributed by atoms with van der Waals surface area (Å²) in [5.41, 5.74) is -0.360. The number of carboxylic acids is 1. The first-order valence-electron chi connectivity index (χ1n) is 5.68. The van der Waals surface area contributed by atoms with Crippen LogP contribution in [0.15, 0.2) is 12.3 Å². The van der Waals surface area contributed by atoms with Gasteiger partial charge in [-0.1, -0.05) is 13.8 Å². The number of hydrogen-bond acceptors (Lipinski definition) is 3. The Bertz CT molecular complexity index is 274. The Morgan fingerprint density at radius 3 is 2.38 bits per heavy atom. The minimum atomic E-state index is -0.982. The van der Waals surface area contributed by atoms with E-state index in [4.69, 9.17) is 5.11 Å². The molecule has 0 radical (unpaired) electrons. The van der Waals surface area contributed by atoms with E-state index in [0.29, 0.717) is 12.0 Å². The standard InChI is InChI=1S/C12H21NO3/c1-11(2)4-6-12(16,7-5-11)9-13-8-3-10(14)15/h3,8,13,16H,4-7,9H2,1-2H3,(H,14,15)/b8-3+. The molecule has 0 saturated heterocycles. The third-order valence-corrected chi connectivity index (χ3v) is 3.31. The van der Waals surface area contributed by atoms with Crippen LogP contribution in [0.25, 0.3) is 0 Å². The molecule has 0 aliphatic heterocycles. The van der Waals surface area contributed by atoms with E-state index in [0.717, 1.165) is 31.8 Å². The fourth-order valence-corrected chi connectivity index (χ4v) is 1.95. The van der Waals surface area contributed by atoms with Crippen LogP contribution in [-0.2, 0) is 4.79 Å². The zero-order chi connectivity index (χ0) is 12.2. The lowest BCUT2D eigenvalue weighted by molar-refractivity contribution is -0.131. The van der Waals surface area contributed by atoms with Gasteiger partial charge in [-0.3, -0.25) is 0 Å². The van der Waals surface area contributed by atoms with Crippen LogP contribution in [0.3, 0.4) is 0 Å². The van der Waals surface area contributed by atoms with Gasteiger partial charge in [0.25, 0.3) is 0 Å². The third-order valence-electron chi connectivity index (χ3n) is 3.31. The van der Waals surface area contributed by atoms with Crippen LogP contribution in [0, 0.1) is 5.41 Å². The second-order valence-electron chi connectivity index (χ2n) is 5.44. The smallest absolute Gasteiger partial charge is 0.329 e. The van der Waals surface area contributed by atoms with Gasteiger partial charge in [0, 0.05) is 18.8 Å². The van der Waals surface area contributed by atoms with Crippen molar-refractivity contribution in [3.63, 3.8) is 0 Å². The maximum Gasteiger partial charge on any atom is 0.329 e. The van der Waals surface area contributed by atoms with Crippen molar-refractivity contribution in [3.05, 3.63) is 12.3 Å². The topological polar surface area (TPSA) is 69.6 Å². The highest BCUT2D eigenvalue weighted by Crippen LogP contribution is 2.39. The van der Waals surface area contributed by atoms with Crippen molar-refractivity contribution in [1.29, 1.82) is 0 Å². The zero-order valence-corrected chi connectivity index (χ0v) is 9.99. The molecule has 1 fully saturated rings. The Balaban J connectivity index is 2.34. The minimum absolute atomic E-state index is 0.323. The molecular formula is C12H21NO3. The molecule has 0 aromatic carbocycles. The largest absolute Gasteiger partial charge is 0.478 e. The molecule has 0 amide bonds. The second-order valence-corrected chi connectivity index (χ2v) is 5.44. The van der Waals surface area contributed by atoms with E-state index < -0.39 is 11.6 Å². The molecule has 3 N–H and O–H groups in total. The van der Waals surface area contributed by atoms with Gasteiger partial charge in [-0.2, -0.15) is 0 Å². The van der Waals surface area contributed by atoms with Gasteiger partial charge >= 0.3 is 5.97 Å². The summed E-state index contributed by atoms with van der Waals surface area (Å²) < 4.78 is 0. The highest BCUT2D eigenvalue weighted by Gasteiger charge is 2.36. The van der Waals surface area contributed by atoms with Crippen LogP contribution in [0.4, 0.5) is 0 Å². The first-order valence-corrected chi connectivity index (χ1v) is 5.68. The van der Waals surface area contributed by atoms with Gasteiger partial charge in [0.15, 0.2) is 0 Å². The van der Waals surface area contributed by atoms with Gasteiger partial charge < -0.3 is 15.5 Å². The second kappa shape index (κ2) is 4.87. The highest BCUT2D eigenvalue weighted by atomic mass is 16.4. The fraction of sp³-hybridized carbons (Fsp3) is 0.750. The SMILES string of the molecule is CC1(C)CCC(O)(CN/C=C/C(=O)O)CC1. The van der Waals surface area contributed by atoms with Gasteiger partial charge in [0.2, 0.25) is 0 Å². The quantitative estimate of drug-likeness (QED) is 0.637. The van der Waals surface area contributed by atoms with Crippen LogP contribution in [0.2, 0.25) is 0 Å². The molecule has 0 aromatic heterocycles. The highest BCUT2D eigenvalue weighted by molar-refractivity contribution is 5.79. The first-order chi connectivity index (χ1) is 7.33. The predicted molar refractivity (Wildman–Crippen MR) is 62.0 cm³/mol. The Morgan fingerprint density at radius 1 is 1.31 bits per heavy atom. The Kier molecular flexibility index (Phi) is 3.97. The van der Waals surface area contributed by atoms with Crippen LogP contribution in [0.5, 0.6) is 0 Å². The molecule has 1 aliphatic carbocycles. The van der Waals surface area contributed by atoms with E-state index in [1.807, 2.05) is 0 Å². The van der Waals surface area contributed by atoms with E-state index in [9.17, 15) is 9.90 Å². The van der Waals surface area contributed by atoms with Gasteiger partial charge in [-0.15, -0.1) is 0 Å². The number of rotatable bonds is 4. The first kappa shape index (κ1) is 13.0. The van der Waals surface area contributed by atoms with E-state index in [-0.39, 0.29) is 0 Å².